The predicted octanol–water partition coefficient (Wildman–Crippen LogP) is 5.49. The van der Waals surface area contributed by atoms with Crippen LogP contribution in [0.25, 0.3) is 27.7 Å². The minimum Gasteiger partial charge on any atom is -0.427 e. The number of nitrogens with zero attached hydrogens (tertiary/aromatic N) is 1. The highest BCUT2D eigenvalue weighted by atomic mass is 32.2. The summed E-state index contributed by atoms with van der Waals surface area (Å²) in [4.78, 5) is 11.4. The van der Waals surface area contributed by atoms with Crippen LogP contribution in [0.1, 0.15) is 6.92 Å². The highest BCUT2D eigenvalue weighted by molar-refractivity contribution is 7.92. The molecule has 1 aromatic heterocycles. The van der Waals surface area contributed by atoms with Gasteiger partial charge in [-0.05, 0) is 48.0 Å². The number of esters is 1. The monoisotopic (exact) mass is 504 g/mol. The Morgan fingerprint density at radius 1 is 0.971 bits per heavy atom. The first-order valence-electron chi connectivity index (χ1n) is 10.2. The van der Waals surface area contributed by atoms with Gasteiger partial charge in [-0.2, -0.15) is 0 Å². The molecule has 0 saturated carbocycles. The van der Waals surface area contributed by atoms with Crippen LogP contribution in [0.2, 0.25) is 0 Å². The standard InChI is InChI=1S/C24H19F3N2O5S/c1-15(30)33-17-6-3-5-16(13-17)19-10-9-18(34-24(25,26)27)14-23(19)29-12-11-20-21(28-35(2,31)32)7-4-8-22(20)29/h3-14,28H,1-2H3. The lowest BCUT2D eigenvalue weighted by molar-refractivity contribution is -0.274. The van der Waals surface area contributed by atoms with Crippen molar-refractivity contribution < 1.29 is 35.9 Å². The SMILES string of the molecule is CC(=O)Oc1cccc(-c2ccc(OC(F)(F)F)cc2-n2ccc3c(NS(C)(=O)=O)cccc32)c1. The summed E-state index contributed by atoms with van der Waals surface area (Å²) in [5, 5.41) is 0.541. The molecule has 0 radical (unpaired) electrons. The fourth-order valence-corrected chi connectivity index (χ4v) is 4.29. The van der Waals surface area contributed by atoms with Crippen molar-refractivity contribution in [2.24, 2.45) is 0 Å². The van der Waals surface area contributed by atoms with Gasteiger partial charge in [0.05, 0.1) is 23.1 Å². The Labute approximate surface area is 198 Å². The van der Waals surface area contributed by atoms with Crippen LogP contribution in [0.15, 0.2) is 72.9 Å². The molecule has 0 aliphatic rings. The second kappa shape index (κ2) is 8.99. The fraction of sp³-hybridized carbons (Fsp3) is 0.125. The molecule has 0 spiro atoms. The minimum absolute atomic E-state index is 0.272. The number of rotatable bonds is 6. The normalized spacial score (nSPS) is 11.9. The highest BCUT2D eigenvalue weighted by Gasteiger charge is 2.31. The van der Waals surface area contributed by atoms with Gasteiger partial charge in [0.15, 0.2) is 0 Å². The number of aromatic nitrogens is 1. The van der Waals surface area contributed by atoms with Gasteiger partial charge in [-0.3, -0.25) is 9.52 Å². The Bertz CT molecular complexity index is 1530. The number of benzene rings is 3. The van der Waals surface area contributed by atoms with Gasteiger partial charge in [0, 0.05) is 30.1 Å². The Morgan fingerprint density at radius 3 is 2.40 bits per heavy atom. The van der Waals surface area contributed by atoms with Crippen molar-refractivity contribution in [1.29, 1.82) is 0 Å². The number of alkyl halides is 3. The van der Waals surface area contributed by atoms with E-state index in [2.05, 4.69) is 9.46 Å². The van der Waals surface area contributed by atoms with Crippen molar-refractivity contribution in [2.45, 2.75) is 13.3 Å². The first-order valence-corrected chi connectivity index (χ1v) is 12.1. The molecule has 7 nitrogen and oxygen atoms in total. The van der Waals surface area contributed by atoms with E-state index in [1.165, 1.54) is 25.1 Å². The zero-order chi connectivity index (χ0) is 25.4. The second-order valence-electron chi connectivity index (χ2n) is 7.65. The summed E-state index contributed by atoms with van der Waals surface area (Å²) in [6, 6.07) is 17.0. The third kappa shape index (κ3) is 5.75. The van der Waals surface area contributed by atoms with Gasteiger partial charge >= 0.3 is 12.3 Å². The van der Waals surface area contributed by atoms with Gasteiger partial charge in [0.2, 0.25) is 10.0 Å². The average molecular weight is 504 g/mol. The zero-order valence-electron chi connectivity index (χ0n) is 18.5. The molecule has 4 rings (SSSR count). The summed E-state index contributed by atoms with van der Waals surface area (Å²) < 4.78 is 75.7. The number of anilines is 1. The van der Waals surface area contributed by atoms with E-state index in [-0.39, 0.29) is 5.75 Å². The van der Waals surface area contributed by atoms with Crippen LogP contribution < -0.4 is 14.2 Å². The molecule has 4 aromatic rings. The molecule has 0 aliphatic heterocycles. The summed E-state index contributed by atoms with van der Waals surface area (Å²) in [7, 11) is -3.56. The van der Waals surface area contributed by atoms with Crippen molar-refractivity contribution in [1.82, 2.24) is 4.57 Å². The van der Waals surface area contributed by atoms with E-state index in [1.807, 2.05) is 0 Å². The summed E-state index contributed by atoms with van der Waals surface area (Å²) in [6.07, 6.45) is -2.25. The van der Waals surface area contributed by atoms with E-state index < -0.39 is 28.1 Å². The Kier molecular flexibility index (Phi) is 6.20. The van der Waals surface area contributed by atoms with Crippen LogP contribution in [-0.4, -0.2) is 31.6 Å². The molecular weight excluding hydrogens is 485 g/mol. The molecule has 0 amide bonds. The summed E-state index contributed by atoms with van der Waals surface area (Å²) in [5.41, 5.74) is 2.29. The number of fused-ring (bicyclic) bond motifs is 1. The smallest absolute Gasteiger partial charge is 0.427 e. The van der Waals surface area contributed by atoms with Crippen LogP contribution in [0, 0.1) is 0 Å². The van der Waals surface area contributed by atoms with Gasteiger partial charge in [-0.15, -0.1) is 13.2 Å². The highest BCUT2D eigenvalue weighted by Crippen LogP contribution is 2.37. The quantitative estimate of drug-likeness (QED) is 0.277. The maximum absolute atomic E-state index is 12.9. The number of nitrogens with one attached hydrogen (secondary N) is 1. The number of hydrogen-bond acceptors (Lipinski definition) is 5. The maximum Gasteiger partial charge on any atom is 0.573 e. The average Bonchev–Trinajstić information content (AvgIpc) is 3.16. The van der Waals surface area contributed by atoms with Crippen molar-refractivity contribution >= 4 is 32.6 Å². The van der Waals surface area contributed by atoms with E-state index in [0.717, 1.165) is 6.26 Å². The molecule has 0 unspecified atom stereocenters. The van der Waals surface area contributed by atoms with Crippen molar-refractivity contribution in [3.05, 3.63) is 72.9 Å². The van der Waals surface area contributed by atoms with Crippen LogP contribution in [0.5, 0.6) is 11.5 Å². The van der Waals surface area contributed by atoms with E-state index in [0.29, 0.717) is 33.4 Å². The maximum atomic E-state index is 12.9. The number of hydrogen-bond donors (Lipinski definition) is 1. The van der Waals surface area contributed by atoms with Crippen LogP contribution in [0.4, 0.5) is 18.9 Å². The third-order valence-corrected chi connectivity index (χ3v) is 5.49. The number of carbonyl (C=O) groups is 1. The predicted molar refractivity (Wildman–Crippen MR) is 125 cm³/mol. The summed E-state index contributed by atoms with van der Waals surface area (Å²) in [6.45, 7) is 1.26. The topological polar surface area (TPSA) is 86.6 Å². The van der Waals surface area contributed by atoms with Crippen LogP contribution >= 0.6 is 0 Å². The Morgan fingerprint density at radius 2 is 1.71 bits per heavy atom. The van der Waals surface area contributed by atoms with Crippen molar-refractivity contribution in [3.8, 4) is 28.3 Å². The zero-order valence-corrected chi connectivity index (χ0v) is 19.3. The van der Waals surface area contributed by atoms with Gasteiger partial charge in [0.25, 0.3) is 0 Å². The molecule has 11 heteroatoms. The van der Waals surface area contributed by atoms with Gasteiger partial charge < -0.3 is 14.0 Å². The van der Waals surface area contributed by atoms with Crippen LogP contribution in [-0.2, 0) is 14.8 Å². The molecule has 35 heavy (non-hydrogen) atoms. The number of sulfonamides is 1. The molecule has 0 fully saturated rings. The van der Waals surface area contributed by atoms with E-state index >= 15 is 0 Å². The molecule has 0 aliphatic carbocycles. The number of carbonyl (C=O) groups excluding carboxylic acids is 1. The molecule has 182 valence electrons. The second-order valence-corrected chi connectivity index (χ2v) is 9.40. The summed E-state index contributed by atoms with van der Waals surface area (Å²) >= 11 is 0. The number of halogens is 3. The lowest BCUT2D eigenvalue weighted by Gasteiger charge is -2.16. The fourth-order valence-electron chi connectivity index (χ4n) is 3.71. The van der Waals surface area contributed by atoms with Gasteiger partial charge in [0.1, 0.15) is 11.5 Å². The Balaban J connectivity index is 1.92. The van der Waals surface area contributed by atoms with Gasteiger partial charge in [-0.1, -0.05) is 18.2 Å². The lowest BCUT2D eigenvalue weighted by atomic mass is 10.0. The van der Waals surface area contributed by atoms with E-state index in [4.69, 9.17) is 4.74 Å². The molecule has 1 N–H and O–H groups in total. The summed E-state index contributed by atoms with van der Waals surface area (Å²) in [5.74, 6) is -0.674. The van der Waals surface area contributed by atoms with E-state index in [9.17, 15) is 26.4 Å². The van der Waals surface area contributed by atoms with Gasteiger partial charge in [-0.25, -0.2) is 8.42 Å². The lowest BCUT2D eigenvalue weighted by Crippen LogP contribution is -2.17. The van der Waals surface area contributed by atoms with Crippen molar-refractivity contribution in [3.63, 3.8) is 0 Å². The van der Waals surface area contributed by atoms with Crippen molar-refractivity contribution in [2.75, 3.05) is 11.0 Å². The molecule has 0 bridgehead atoms. The molecule has 3 aromatic carbocycles. The molecule has 1 heterocycles. The first kappa shape index (κ1) is 24.1. The van der Waals surface area contributed by atoms with Crippen LogP contribution in [0.3, 0.4) is 0 Å². The molecule has 0 atom stereocenters. The Hall–Kier alpha value is -3.99. The molecular formula is C24H19F3N2O5S. The largest absolute Gasteiger partial charge is 0.573 e. The first-order chi connectivity index (χ1) is 16.4. The minimum atomic E-state index is -4.89. The third-order valence-electron chi connectivity index (χ3n) is 4.90. The van der Waals surface area contributed by atoms with E-state index in [1.54, 1.807) is 59.3 Å². The number of ether oxygens (including phenoxy) is 2. The molecule has 0 saturated heterocycles.